The fourth-order valence-corrected chi connectivity index (χ4v) is 0.918. The Hall–Kier alpha value is -0.492. The van der Waals surface area contributed by atoms with Crippen LogP contribution >= 0.6 is 0 Å². The molecular weight excluding hydrogens is 397 g/mol. The first-order valence-corrected chi connectivity index (χ1v) is 3.99. The van der Waals surface area contributed by atoms with Gasteiger partial charge in [0.1, 0.15) is 0 Å². The molecule has 0 saturated carbocycles. The molecule has 0 aromatic rings. The molecule has 0 aliphatic rings. The summed E-state index contributed by atoms with van der Waals surface area (Å²) in [6.45, 7) is 0.520. The van der Waals surface area contributed by atoms with Gasteiger partial charge in [-0.05, 0) is 33.5 Å². The Morgan fingerprint density at radius 2 is 1.62 bits per heavy atom. The molecule has 0 saturated heterocycles. The maximum atomic E-state index is 10.4. The Morgan fingerprint density at radius 3 is 1.88 bits per heavy atom. The molecular formula is C8H19N3O4Pt. The fraction of sp³-hybridized carbons (Fsp3) is 0.750. The Kier molecular flexibility index (Phi) is 19.4. The van der Waals surface area contributed by atoms with E-state index >= 15 is 0 Å². The molecule has 0 aromatic carbocycles. The van der Waals surface area contributed by atoms with Gasteiger partial charge in [-0.15, -0.1) is 0 Å². The van der Waals surface area contributed by atoms with E-state index in [1.165, 1.54) is 0 Å². The second-order valence-electron chi connectivity index (χ2n) is 3.18. The van der Waals surface area contributed by atoms with Crippen molar-refractivity contribution in [1.29, 1.82) is 0 Å². The van der Waals surface area contributed by atoms with Gasteiger partial charge < -0.3 is 37.0 Å². The van der Waals surface area contributed by atoms with Crippen molar-refractivity contribution in [1.82, 2.24) is 17.2 Å². The van der Waals surface area contributed by atoms with Crippen molar-refractivity contribution in [2.75, 3.05) is 20.6 Å². The number of aliphatic carboxylic acids is 2. The van der Waals surface area contributed by atoms with E-state index in [-0.39, 0.29) is 39.8 Å². The van der Waals surface area contributed by atoms with Crippen molar-refractivity contribution < 1.29 is 40.9 Å². The summed E-state index contributed by atoms with van der Waals surface area (Å²) in [4.78, 5) is 22.4. The van der Waals surface area contributed by atoms with Crippen LogP contribution < -0.4 is 22.5 Å². The summed E-state index contributed by atoms with van der Waals surface area (Å²) in [7, 11) is 3.57. The van der Waals surface area contributed by atoms with Crippen LogP contribution in [0.1, 0.15) is 12.8 Å². The molecule has 0 bridgehead atoms. The smallest absolute Gasteiger partial charge is 0.550 e. The molecule has 6 N–H and O–H groups in total. The summed E-state index contributed by atoms with van der Waals surface area (Å²) >= 11 is 0. The zero-order valence-corrected chi connectivity index (χ0v) is 11.8. The molecule has 16 heavy (non-hydrogen) atoms. The minimum atomic E-state index is -1.35. The summed E-state index contributed by atoms with van der Waals surface area (Å²) in [5.74, 6) is -3.63. The van der Waals surface area contributed by atoms with Gasteiger partial charge in [-0.3, -0.25) is 0 Å². The average molecular weight is 416 g/mol. The van der Waals surface area contributed by atoms with E-state index in [4.69, 9.17) is 0 Å². The van der Waals surface area contributed by atoms with Gasteiger partial charge in [-0.2, -0.15) is 0 Å². The van der Waals surface area contributed by atoms with Crippen molar-refractivity contribution in [3.8, 4) is 0 Å². The molecule has 0 rings (SSSR count). The van der Waals surface area contributed by atoms with Gasteiger partial charge >= 0.3 is 21.1 Å². The first-order chi connectivity index (χ1) is 5.93. The van der Waals surface area contributed by atoms with Crippen molar-refractivity contribution in [3.63, 3.8) is 0 Å². The number of carbonyl (C=O) groups is 2. The van der Waals surface area contributed by atoms with Gasteiger partial charge in [0.25, 0.3) is 0 Å². The third-order valence-electron chi connectivity index (χ3n) is 1.67. The van der Waals surface area contributed by atoms with E-state index in [0.717, 1.165) is 0 Å². The summed E-state index contributed by atoms with van der Waals surface area (Å²) in [6.07, 6.45) is -0.209. The van der Waals surface area contributed by atoms with Crippen LogP contribution in [-0.4, -0.2) is 37.5 Å². The van der Waals surface area contributed by atoms with Gasteiger partial charge in [-0.25, -0.2) is 0 Å². The Balaban J connectivity index is -0.000000240. The third kappa shape index (κ3) is 13.5. The fourth-order valence-electron chi connectivity index (χ4n) is 0.918. The van der Waals surface area contributed by atoms with E-state index in [2.05, 4.69) is 0 Å². The van der Waals surface area contributed by atoms with Gasteiger partial charge in [-0.1, -0.05) is 0 Å². The molecule has 8 heteroatoms. The SMILES string of the molecule is CN(C)CCC(CC(=O)[O-])C(=O)[O-].N.N.[Pt+2]. The minimum absolute atomic E-state index is 0. The number of carbonyl (C=O) groups excluding carboxylic acids is 2. The number of nitrogens with zero attached hydrogens (tertiary/aromatic N) is 1. The van der Waals surface area contributed by atoms with Crippen LogP contribution in [0.2, 0.25) is 0 Å². The molecule has 0 aromatic heterocycles. The maximum Gasteiger partial charge on any atom is 2.00 e. The van der Waals surface area contributed by atoms with Crippen molar-refractivity contribution in [2.45, 2.75) is 12.8 Å². The maximum absolute atomic E-state index is 10.4. The van der Waals surface area contributed by atoms with Crippen LogP contribution in [-0.2, 0) is 30.7 Å². The Bertz CT molecular complexity index is 202. The first kappa shape index (κ1) is 24.6. The Labute approximate surface area is 110 Å². The molecule has 0 aliphatic carbocycles. The zero-order valence-electron chi connectivity index (χ0n) is 9.51. The summed E-state index contributed by atoms with van der Waals surface area (Å²) in [6, 6.07) is 0. The zero-order chi connectivity index (χ0) is 10.4. The van der Waals surface area contributed by atoms with Crippen molar-refractivity contribution in [2.24, 2.45) is 5.92 Å². The second kappa shape index (κ2) is 12.6. The van der Waals surface area contributed by atoms with E-state index in [9.17, 15) is 19.8 Å². The number of rotatable bonds is 6. The predicted octanol–water partition coefficient (Wildman–Crippen LogP) is -2.23. The van der Waals surface area contributed by atoms with E-state index in [0.29, 0.717) is 6.54 Å². The molecule has 1 atom stereocenters. The molecule has 0 amide bonds. The normalized spacial score (nSPS) is 10.4. The summed E-state index contributed by atoms with van der Waals surface area (Å²) in [5, 5.41) is 20.6. The molecule has 0 radical (unpaired) electrons. The predicted molar refractivity (Wildman–Crippen MR) is 51.3 cm³/mol. The standard InChI is InChI=1S/C8H15NO4.2H3N.Pt/c1-9(2)4-3-6(8(12)13)5-7(10)11;;;/h6H,3-5H2,1-2H3,(H,10,11)(H,12,13);2*1H3;/q;;;+2/p-2. The van der Waals surface area contributed by atoms with Crippen molar-refractivity contribution >= 4 is 11.9 Å². The van der Waals surface area contributed by atoms with Crippen LogP contribution in [0.25, 0.3) is 0 Å². The molecule has 0 aliphatic heterocycles. The van der Waals surface area contributed by atoms with Crippen molar-refractivity contribution in [3.05, 3.63) is 0 Å². The van der Waals surface area contributed by atoms with Crippen LogP contribution in [0.5, 0.6) is 0 Å². The second-order valence-corrected chi connectivity index (χ2v) is 3.18. The minimum Gasteiger partial charge on any atom is -0.550 e. The quantitative estimate of drug-likeness (QED) is 0.497. The summed E-state index contributed by atoms with van der Waals surface area (Å²) in [5.41, 5.74) is 0. The number of carboxylic acid groups (broad SMARTS) is 2. The Morgan fingerprint density at radius 1 is 1.19 bits per heavy atom. The summed E-state index contributed by atoms with van der Waals surface area (Å²) < 4.78 is 0. The number of hydrogen-bond acceptors (Lipinski definition) is 7. The van der Waals surface area contributed by atoms with E-state index in [1.54, 1.807) is 19.0 Å². The topological polar surface area (TPSA) is 154 Å². The molecule has 0 fully saturated rings. The molecule has 1 unspecified atom stereocenters. The van der Waals surface area contributed by atoms with Crippen LogP contribution in [0.3, 0.4) is 0 Å². The molecule has 100 valence electrons. The van der Waals surface area contributed by atoms with Gasteiger partial charge in [0.2, 0.25) is 0 Å². The number of hydrogen-bond donors (Lipinski definition) is 2. The number of carboxylic acids is 2. The van der Waals surface area contributed by atoms with E-state index < -0.39 is 24.3 Å². The van der Waals surface area contributed by atoms with Gasteiger partial charge in [0, 0.05) is 17.9 Å². The molecule has 0 spiro atoms. The van der Waals surface area contributed by atoms with Crippen LogP contribution in [0.4, 0.5) is 0 Å². The van der Waals surface area contributed by atoms with Gasteiger partial charge in [0.15, 0.2) is 0 Å². The average Bonchev–Trinajstić information content (AvgIpc) is 1.96. The largest absolute Gasteiger partial charge is 2.00 e. The third-order valence-corrected chi connectivity index (χ3v) is 1.67. The molecule has 0 heterocycles. The van der Waals surface area contributed by atoms with Crippen LogP contribution in [0.15, 0.2) is 0 Å². The van der Waals surface area contributed by atoms with E-state index in [1.807, 2.05) is 0 Å². The first-order valence-electron chi connectivity index (χ1n) is 3.99. The van der Waals surface area contributed by atoms with Gasteiger partial charge in [0.05, 0.1) is 0 Å². The van der Waals surface area contributed by atoms with Crippen LogP contribution in [0, 0.1) is 5.92 Å². The molecule has 7 nitrogen and oxygen atoms in total. The monoisotopic (exact) mass is 416 g/mol.